The largest absolute Gasteiger partial charge is 0.475 e. The molecule has 2 aromatic carbocycles. The van der Waals surface area contributed by atoms with Gasteiger partial charge in [-0.05, 0) is 47.4 Å². The van der Waals surface area contributed by atoms with Crippen molar-refractivity contribution in [1.29, 1.82) is 0 Å². The van der Waals surface area contributed by atoms with Gasteiger partial charge in [-0.25, -0.2) is 9.19 Å². The number of alkyl halides is 3. The van der Waals surface area contributed by atoms with Gasteiger partial charge in [0.2, 0.25) is 5.95 Å². The van der Waals surface area contributed by atoms with Crippen LogP contribution in [0.4, 0.5) is 23.4 Å². The number of nitrogens with zero attached hydrogens (tertiary/aromatic N) is 1. The van der Waals surface area contributed by atoms with Crippen molar-refractivity contribution in [3.05, 3.63) is 65.6 Å². The number of hydrogen-bond acceptors (Lipinski definition) is 4. The van der Waals surface area contributed by atoms with Crippen molar-refractivity contribution in [1.82, 2.24) is 10.3 Å². The Morgan fingerprint density at radius 2 is 1.65 bits per heavy atom. The summed E-state index contributed by atoms with van der Waals surface area (Å²) in [5.41, 5.74) is 3.76. The van der Waals surface area contributed by atoms with E-state index in [4.69, 9.17) is 5.73 Å². The van der Waals surface area contributed by atoms with Crippen molar-refractivity contribution in [3.63, 3.8) is 0 Å². The van der Waals surface area contributed by atoms with Crippen LogP contribution in [0.3, 0.4) is 0 Å². The second-order valence-electron chi connectivity index (χ2n) is 6.88. The first kappa shape index (κ1) is 21.0. The topological polar surface area (TPSA) is 85.1 Å². The number of halogens is 4. The van der Waals surface area contributed by atoms with E-state index in [1.807, 2.05) is 0 Å². The molecule has 1 unspecified atom stereocenters. The van der Waals surface area contributed by atoms with E-state index in [0.717, 1.165) is 17.7 Å². The highest BCUT2D eigenvalue weighted by Crippen LogP contribution is 2.34. The van der Waals surface area contributed by atoms with Crippen LogP contribution in [-0.2, 0) is 17.2 Å². The Morgan fingerprint density at radius 3 is 2.32 bits per heavy atom. The van der Waals surface area contributed by atoms with Crippen molar-refractivity contribution in [2.75, 3.05) is 12.3 Å². The molecular formula is C21H15F4N3O2S. The van der Waals surface area contributed by atoms with Crippen molar-refractivity contribution in [2.24, 2.45) is 0 Å². The molecule has 4 rings (SSSR count). The molecule has 5 nitrogen and oxygen atoms in total. The number of nitrogen functional groups attached to an aromatic ring is 1. The molecule has 0 spiro atoms. The summed E-state index contributed by atoms with van der Waals surface area (Å²) in [5.74, 6) is -1.12. The summed E-state index contributed by atoms with van der Waals surface area (Å²) in [6.45, 7) is 0.503. The third-order valence-electron chi connectivity index (χ3n) is 4.94. The van der Waals surface area contributed by atoms with Crippen molar-refractivity contribution in [3.8, 4) is 22.3 Å². The number of nitrogens with one attached hydrogen (secondary N) is 1. The number of fused-ring (bicyclic) bond motifs is 1. The fraction of sp³-hybridized carbons (Fsp3) is 0.143. The maximum absolute atomic E-state index is 14.5. The highest BCUT2D eigenvalue weighted by atomic mass is 32.2. The molecule has 0 bridgehead atoms. The Balaban J connectivity index is 1.74. The van der Waals surface area contributed by atoms with Crippen molar-refractivity contribution < 1.29 is 26.6 Å². The lowest BCUT2D eigenvalue weighted by Crippen LogP contribution is -2.31. The molecule has 0 saturated carbocycles. The van der Waals surface area contributed by atoms with E-state index in [9.17, 15) is 26.6 Å². The van der Waals surface area contributed by atoms with Crippen LogP contribution in [0.2, 0.25) is 0 Å². The highest BCUT2D eigenvalue weighted by molar-refractivity contribution is 7.86. The van der Waals surface area contributed by atoms with E-state index >= 15 is 0 Å². The molecule has 2 heterocycles. The zero-order chi connectivity index (χ0) is 22.3. The van der Waals surface area contributed by atoms with Gasteiger partial charge in [-0.15, -0.1) is 0 Å². The lowest BCUT2D eigenvalue weighted by Gasteiger charge is -2.18. The fourth-order valence-corrected chi connectivity index (χ4v) is 4.08. The standard InChI is InChI=1S/C21H15F4N3O2S/c22-18-16(11-1-4-14(5-2-11)31(30)21(23,24)25)10-17(19(26)28-18)12-3-6-15-13(9-12)7-8-27-20(15)29/h1-6,9-10H,7-8H2,(H2,26,28)(H,27,29). The summed E-state index contributed by atoms with van der Waals surface area (Å²) < 4.78 is 63.9. The van der Waals surface area contributed by atoms with Crippen molar-refractivity contribution in [2.45, 2.75) is 16.8 Å². The van der Waals surface area contributed by atoms with Crippen LogP contribution in [0.15, 0.2) is 53.4 Å². The quantitative estimate of drug-likeness (QED) is 0.467. The number of nitrogens with two attached hydrogens (primary N) is 1. The van der Waals surface area contributed by atoms with Gasteiger partial charge in [-0.2, -0.15) is 17.6 Å². The molecule has 31 heavy (non-hydrogen) atoms. The van der Waals surface area contributed by atoms with Crippen molar-refractivity contribution >= 4 is 22.5 Å². The third-order valence-corrected chi connectivity index (χ3v) is 6.06. The van der Waals surface area contributed by atoms with Gasteiger partial charge in [-0.1, -0.05) is 24.3 Å². The first-order chi connectivity index (χ1) is 14.6. The Hall–Kier alpha value is -3.27. The number of carbonyl (C=O) groups excluding carboxylic acids is 1. The molecule has 1 amide bonds. The minimum absolute atomic E-state index is 0.0315. The summed E-state index contributed by atoms with van der Waals surface area (Å²) in [4.78, 5) is 15.2. The first-order valence-electron chi connectivity index (χ1n) is 9.11. The summed E-state index contributed by atoms with van der Waals surface area (Å²) in [6.07, 6.45) is 0.633. The Bertz CT molecular complexity index is 1210. The van der Waals surface area contributed by atoms with E-state index < -0.39 is 27.2 Å². The normalized spacial score (nSPS) is 14.6. The monoisotopic (exact) mass is 449 g/mol. The van der Waals surface area contributed by atoms with Gasteiger partial charge in [0.1, 0.15) is 5.82 Å². The van der Waals surface area contributed by atoms with Gasteiger partial charge in [-0.3, -0.25) is 4.79 Å². The number of amides is 1. The summed E-state index contributed by atoms with van der Waals surface area (Å²) in [7, 11) is -3.17. The van der Waals surface area contributed by atoms with E-state index in [2.05, 4.69) is 10.3 Å². The van der Waals surface area contributed by atoms with Gasteiger partial charge in [0, 0.05) is 28.1 Å². The molecule has 3 aromatic rings. The summed E-state index contributed by atoms with van der Waals surface area (Å²) in [6, 6.07) is 11.1. The van der Waals surface area contributed by atoms with E-state index in [0.29, 0.717) is 29.7 Å². The van der Waals surface area contributed by atoms with Crippen LogP contribution in [0.25, 0.3) is 22.3 Å². The number of aromatic nitrogens is 1. The SMILES string of the molecule is Nc1nc(F)c(-c2ccc(S(=O)C(F)(F)F)cc2)cc1-c1ccc2c(c1)CCNC2=O. The molecule has 1 aliphatic heterocycles. The maximum Gasteiger partial charge on any atom is 0.475 e. The predicted octanol–water partition coefficient (Wildman–Crippen LogP) is 4.05. The molecular weight excluding hydrogens is 434 g/mol. The molecule has 160 valence electrons. The van der Waals surface area contributed by atoms with Crippen LogP contribution >= 0.6 is 0 Å². The number of anilines is 1. The van der Waals surface area contributed by atoms with Crippen LogP contribution in [0.5, 0.6) is 0 Å². The summed E-state index contributed by atoms with van der Waals surface area (Å²) in [5, 5.41) is 2.75. The third kappa shape index (κ3) is 4.02. The first-order valence-corrected chi connectivity index (χ1v) is 10.3. The van der Waals surface area contributed by atoms with Gasteiger partial charge in [0.05, 0.1) is 0 Å². The van der Waals surface area contributed by atoms with Gasteiger partial charge in [0.15, 0.2) is 10.8 Å². The predicted molar refractivity (Wildman–Crippen MR) is 108 cm³/mol. The number of carbonyl (C=O) groups is 1. The van der Waals surface area contributed by atoms with Crippen LogP contribution < -0.4 is 11.1 Å². The number of rotatable bonds is 3. The fourth-order valence-electron chi connectivity index (χ4n) is 3.42. The van der Waals surface area contributed by atoms with E-state index in [1.165, 1.54) is 18.2 Å². The minimum atomic E-state index is -4.88. The molecule has 0 fully saturated rings. The Labute approximate surface area is 176 Å². The van der Waals surface area contributed by atoms with Gasteiger partial charge >= 0.3 is 5.51 Å². The Morgan fingerprint density at radius 1 is 0.968 bits per heavy atom. The molecule has 1 atom stereocenters. The average Bonchev–Trinajstić information content (AvgIpc) is 2.73. The summed E-state index contributed by atoms with van der Waals surface area (Å²) >= 11 is 0. The lowest BCUT2D eigenvalue weighted by atomic mass is 9.94. The van der Waals surface area contributed by atoms with E-state index in [-0.39, 0.29) is 22.9 Å². The van der Waals surface area contributed by atoms with Crippen LogP contribution in [0.1, 0.15) is 15.9 Å². The van der Waals surface area contributed by atoms with Crippen LogP contribution in [0, 0.1) is 5.95 Å². The highest BCUT2D eigenvalue weighted by Gasteiger charge is 2.37. The minimum Gasteiger partial charge on any atom is -0.383 e. The second-order valence-corrected chi connectivity index (χ2v) is 8.35. The molecule has 1 aliphatic rings. The number of hydrogen-bond donors (Lipinski definition) is 2. The molecule has 0 saturated heterocycles. The van der Waals surface area contributed by atoms with Crippen LogP contribution in [-0.4, -0.2) is 27.2 Å². The average molecular weight is 449 g/mol. The molecule has 0 radical (unpaired) electrons. The second kappa shape index (κ2) is 7.77. The molecule has 3 N–H and O–H groups in total. The lowest BCUT2D eigenvalue weighted by molar-refractivity contribution is -0.0384. The zero-order valence-corrected chi connectivity index (χ0v) is 16.6. The van der Waals surface area contributed by atoms with Gasteiger partial charge in [0.25, 0.3) is 5.91 Å². The molecule has 1 aromatic heterocycles. The zero-order valence-electron chi connectivity index (χ0n) is 15.8. The van der Waals surface area contributed by atoms with Gasteiger partial charge < -0.3 is 11.1 Å². The number of pyridine rings is 1. The molecule has 0 aliphatic carbocycles. The number of benzene rings is 2. The maximum atomic E-state index is 14.5. The molecule has 10 heteroatoms. The Kier molecular flexibility index (Phi) is 5.26. The smallest absolute Gasteiger partial charge is 0.383 e. The van der Waals surface area contributed by atoms with E-state index in [1.54, 1.807) is 18.2 Å².